The molecule has 0 aromatic carbocycles. The van der Waals surface area contributed by atoms with E-state index in [1.807, 2.05) is 0 Å². The number of carbonyl (C=O) groups excluding carboxylic acids is 1. The summed E-state index contributed by atoms with van der Waals surface area (Å²) in [5.41, 5.74) is 0. The molecule has 0 atom stereocenters. The van der Waals surface area contributed by atoms with Crippen LogP contribution in [0.2, 0.25) is 0 Å². The minimum absolute atomic E-state index is 0.221. The lowest BCUT2D eigenvalue weighted by molar-refractivity contribution is -0.137. The van der Waals surface area contributed by atoms with Gasteiger partial charge in [0.1, 0.15) is 6.54 Å². The van der Waals surface area contributed by atoms with Gasteiger partial charge in [0, 0.05) is 19.6 Å². The molecule has 1 rings (SSSR count). The Balaban J connectivity index is 2.61. The topological polar surface area (TPSA) is 60.9 Å². The Morgan fingerprint density at radius 2 is 1.89 bits per heavy atom. The van der Waals surface area contributed by atoms with Crippen molar-refractivity contribution in [1.29, 1.82) is 0 Å². The summed E-state index contributed by atoms with van der Waals surface area (Å²) in [7, 11) is 1.76. The number of rotatable bonds is 5. The van der Waals surface area contributed by atoms with Crippen molar-refractivity contribution in [3.05, 3.63) is 12.7 Å². The van der Waals surface area contributed by atoms with Gasteiger partial charge in [0.05, 0.1) is 0 Å². The third kappa shape index (κ3) is 4.58. The first-order valence-electron chi connectivity index (χ1n) is 6.80. The fourth-order valence-electron chi connectivity index (χ4n) is 2.54. The molecule has 1 aliphatic rings. The van der Waals surface area contributed by atoms with Gasteiger partial charge in [-0.25, -0.2) is 4.79 Å². The second kappa shape index (κ2) is 7.16. The minimum Gasteiger partial charge on any atom is -0.480 e. The standard InChI is InChI=1S/C14H24N2O3/c1-4-9-16(10-13(17)18)14(19)15(3)12-7-5-11(2)6-8-12/h4,11-12H,1,5-10H2,2-3H3,(H,17,18). The summed E-state index contributed by atoms with van der Waals surface area (Å²) in [6, 6.07) is 0.00617. The Hall–Kier alpha value is -1.52. The summed E-state index contributed by atoms with van der Waals surface area (Å²) in [6.45, 7) is 5.78. The summed E-state index contributed by atoms with van der Waals surface area (Å²) < 4.78 is 0. The molecule has 0 heterocycles. The van der Waals surface area contributed by atoms with E-state index in [0.717, 1.165) is 31.6 Å². The second-order valence-corrected chi connectivity index (χ2v) is 5.37. The number of carboxylic acids is 1. The Bertz CT molecular complexity index is 336. The lowest BCUT2D eigenvalue weighted by atomic mass is 9.87. The molecule has 5 nitrogen and oxygen atoms in total. The van der Waals surface area contributed by atoms with E-state index in [9.17, 15) is 9.59 Å². The maximum absolute atomic E-state index is 12.3. The largest absolute Gasteiger partial charge is 0.480 e. The highest BCUT2D eigenvalue weighted by atomic mass is 16.4. The average molecular weight is 268 g/mol. The number of carbonyl (C=O) groups is 2. The van der Waals surface area contributed by atoms with Gasteiger partial charge in [0.15, 0.2) is 0 Å². The number of aliphatic carboxylic acids is 1. The van der Waals surface area contributed by atoms with Crippen LogP contribution >= 0.6 is 0 Å². The van der Waals surface area contributed by atoms with E-state index in [0.29, 0.717) is 0 Å². The molecule has 0 saturated heterocycles. The minimum atomic E-state index is -0.999. The van der Waals surface area contributed by atoms with Crippen molar-refractivity contribution < 1.29 is 14.7 Å². The fraction of sp³-hybridized carbons (Fsp3) is 0.714. The molecule has 5 heteroatoms. The van der Waals surface area contributed by atoms with Crippen molar-refractivity contribution in [3.8, 4) is 0 Å². The zero-order valence-electron chi connectivity index (χ0n) is 11.8. The quantitative estimate of drug-likeness (QED) is 0.777. The molecule has 0 aromatic heterocycles. The predicted molar refractivity (Wildman–Crippen MR) is 74.0 cm³/mol. The molecular weight excluding hydrogens is 244 g/mol. The van der Waals surface area contributed by atoms with Crippen molar-refractivity contribution >= 4 is 12.0 Å². The van der Waals surface area contributed by atoms with Crippen LogP contribution in [-0.2, 0) is 4.79 Å². The third-order valence-corrected chi connectivity index (χ3v) is 3.78. The fourth-order valence-corrected chi connectivity index (χ4v) is 2.54. The highest BCUT2D eigenvalue weighted by Gasteiger charge is 2.28. The van der Waals surface area contributed by atoms with Crippen LogP contribution in [0.5, 0.6) is 0 Å². The van der Waals surface area contributed by atoms with Gasteiger partial charge in [-0.15, -0.1) is 6.58 Å². The number of carboxylic acid groups (broad SMARTS) is 1. The highest BCUT2D eigenvalue weighted by molar-refractivity contribution is 5.80. The van der Waals surface area contributed by atoms with Crippen molar-refractivity contribution in [2.45, 2.75) is 38.6 Å². The van der Waals surface area contributed by atoms with Gasteiger partial charge in [-0.1, -0.05) is 13.0 Å². The van der Waals surface area contributed by atoms with Crippen LogP contribution < -0.4 is 0 Å². The molecule has 0 spiro atoms. The van der Waals surface area contributed by atoms with E-state index in [1.165, 1.54) is 4.90 Å². The van der Waals surface area contributed by atoms with Gasteiger partial charge in [0.2, 0.25) is 0 Å². The molecule has 0 unspecified atom stereocenters. The summed E-state index contributed by atoms with van der Waals surface area (Å²) in [5.74, 6) is -0.274. The molecule has 19 heavy (non-hydrogen) atoms. The molecule has 108 valence electrons. The SMILES string of the molecule is C=CCN(CC(=O)O)C(=O)N(C)C1CCC(C)CC1. The molecule has 2 amide bonds. The first kappa shape index (κ1) is 15.5. The van der Waals surface area contributed by atoms with Crippen molar-refractivity contribution in [1.82, 2.24) is 9.80 Å². The molecule has 1 fully saturated rings. The lowest BCUT2D eigenvalue weighted by Crippen LogP contribution is -2.48. The van der Waals surface area contributed by atoms with Gasteiger partial charge in [-0.3, -0.25) is 4.79 Å². The molecule has 1 N–H and O–H groups in total. The summed E-state index contributed by atoms with van der Waals surface area (Å²) in [6.07, 6.45) is 5.81. The molecule has 1 aliphatic carbocycles. The molecule has 0 aliphatic heterocycles. The van der Waals surface area contributed by atoms with E-state index in [1.54, 1.807) is 18.0 Å². The average Bonchev–Trinajstić information content (AvgIpc) is 2.37. The van der Waals surface area contributed by atoms with Crippen LogP contribution in [0.15, 0.2) is 12.7 Å². The number of amides is 2. The number of urea groups is 1. The van der Waals surface area contributed by atoms with E-state index < -0.39 is 5.97 Å². The molecular formula is C14H24N2O3. The van der Waals surface area contributed by atoms with Gasteiger partial charge < -0.3 is 14.9 Å². The van der Waals surface area contributed by atoms with Crippen molar-refractivity contribution in [3.63, 3.8) is 0 Å². The molecule has 0 bridgehead atoms. The van der Waals surface area contributed by atoms with Gasteiger partial charge in [0.25, 0.3) is 0 Å². The van der Waals surface area contributed by atoms with E-state index in [2.05, 4.69) is 13.5 Å². The Kier molecular flexibility index (Phi) is 5.86. The first-order valence-corrected chi connectivity index (χ1v) is 6.80. The van der Waals surface area contributed by atoms with Crippen molar-refractivity contribution in [2.75, 3.05) is 20.1 Å². The number of nitrogens with zero attached hydrogens (tertiary/aromatic N) is 2. The van der Waals surface area contributed by atoms with Crippen LogP contribution in [0, 0.1) is 5.92 Å². The second-order valence-electron chi connectivity index (χ2n) is 5.37. The summed E-state index contributed by atoms with van der Waals surface area (Å²) >= 11 is 0. The molecule has 0 radical (unpaired) electrons. The summed E-state index contributed by atoms with van der Waals surface area (Å²) in [4.78, 5) is 26.1. The van der Waals surface area contributed by atoms with Crippen LogP contribution in [0.3, 0.4) is 0 Å². The van der Waals surface area contributed by atoms with Gasteiger partial charge in [-0.2, -0.15) is 0 Å². The van der Waals surface area contributed by atoms with E-state index >= 15 is 0 Å². The summed E-state index contributed by atoms with van der Waals surface area (Å²) in [5, 5.41) is 8.84. The highest BCUT2D eigenvalue weighted by Crippen LogP contribution is 2.26. The number of hydrogen-bond acceptors (Lipinski definition) is 2. The monoisotopic (exact) mass is 268 g/mol. The lowest BCUT2D eigenvalue weighted by Gasteiger charge is -2.36. The molecule has 1 saturated carbocycles. The normalized spacial score (nSPS) is 22.6. The smallest absolute Gasteiger partial charge is 0.323 e. The van der Waals surface area contributed by atoms with Gasteiger partial charge in [-0.05, 0) is 31.6 Å². The maximum Gasteiger partial charge on any atom is 0.323 e. The van der Waals surface area contributed by atoms with Crippen LogP contribution in [0.25, 0.3) is 0 Å². The zero-order chi connectivity index (χ0) is 14.4. The van der Waals surface area contributed by atoms with Crippen LogP contribution in [0.1, 0.15) is 32.6 Å². The number of hydrogen-bond donors (Lipinski definition) is 1. The Morgan fingerprint density at radius 1 is 1.32 bits per heavy atom. The van der Waals surface area contributed by atoms with E-state index in [-0.39, 0.29) is 25.2 Å². The third-order valence-electron chi connectivity index (χ3n) is 3.78. The first-order chi connectivity index (χ1) is 8.95. The Morgan fingerprint density at radius 3 is 2.37 bits per heavy atom. The van der Waals surface area contributed by atoms with Crippen LogP contribution in [0.4, 0.5) is 4.79 Å². The zero-order valence-corrected chi connectivity index (χ0v) is 11.8. The van der Waals surface area contributed by atoms with E-state index in [4.69, 9.17) is 5.11 Å². The predicted octanol–water partition coefficient (Wildman–Crippen LogP) is 2.19. The van der Waals surface area contributed by atoms with Crippen molar-refractivity contribution in [2.24, 2.45) is 5.92 Å². The maximum atomic E-state index is 12.3. The Labute approximate surface area is 114 Å². The van der Waals surface area contributed by atoms with Crippen LogP contribution in [-0.4, -0.2) is 53.1 Å². The van der Waals surface area contributed by atoms with Gasteiger partial charge >= 0.3 is 12.0 Å². The molecule has 0 aromatic rings.